The minimum Gasteiger partial charge on any atom is -0.338 e. The Balaban J connectivity index is 1.85. The fourth-order valence-corrected chi connectivity index (χ4v) is 2.94. The first-order chi connectivity index (χ1) is 11.8. The highest BCUT2D eigenvalue weighted by atomic mass is 32.2. The minimum atomic E-state index is -3.33. The second-order valence-corrected chi connectivity index (χ2v) is 7.61. The summed E-state index contributed by atoms with van der Waals surface area (Å²) in [4.78, 5) is 12.0. The van der Waals surface area contributed by atoms with Crippen molar-refractivity contribution in [1.29, 1.82) is 0 Å². The molecule has 2 aromatic rings. The summed E-state index contributed by atoms with van der Waals surface area (Å²) in [6.45, 7) is 2.38. The number of carbonyl (C=O) groups excluding carboxylic acids is 1. The summed E-state index contributed by atoms with van der Waals surface area (Å²) in [6, 6.07) is 16.4. The summed E-state index contributed by atoms with van der Waals surface area (Å²) in [5.41, 5.74) is 2.44. The van der Waals surface area contributed by atoms with Crippen molar-refractivity contribution in [3.05, 3.63) is 65.7 Å². The topological polar surface area (TPSA) is 87.3 Å². The molecule has 3 N–H and O–H groups in total. The largest absolute Gasteiger partial charge is 0.338 e. The molecule has 0 radical (unpaired) electrons. The molecule has 0 aliphatic heterocycles. The molecule has 0 spiro atoms. The molecule has 2 rings (SSSR count). The molecule has 0 aromatic heterocycles. The van der Waals surface area contributed by atoms with Crippen LogP contribution in [0.1, 0.15) is 24.1 Å². The Labute approximate surface area is 148 Å². The Morgan fingerprint density at radius 2 is 1.80 bits per heavy atom. The lowest BCUT2D eigenvalue weighted by Crippen LogP contribution is -2.38. The molecule has 2 aromatic carbocycles. The summed E-state index contributed by atoms with van der Waals surface area (Å²) < 4.78 is 25.0. The molecule has 7 heteroatoms. The third kappa shape index (κ3) is 6.84. The monoisotopic (exact) mass is 361 g/mol. The van der Waals surface area contributed by atoms with Crippen LogP contribution in [0.25, 0.3) is 0 Å². The predicted molar refractivity (Wildman–Crippen MR) is 100 cm³/mol. The molecular weight excluding hydrogens is 338 g/mol. The van der Waals surface area contributed by atoms with Crippen LogP contribution in [-0.2, 0) is 16.4 Å². The number of amides is 2. The Morgan fingerprint density at radius 1 is 1.08 bits per heavy atom. The molecular formula is C18H23N3O3S. The van der Waals surface area contributed by atoms with Crippen LogP contribution in [0.5, 0.6) is 0 Å². The molecule has 0 bridgehead atoms. The highest BCUT2D eigenvalue weighted by Crippen LogP contribution is 2.18. The first kappa shape index (κ1) is 18.8. The summed E-state index contributed by atoms with van der Waals surface area (Å²) in [5, 5.41) is 5.67. The number of nitrogens with one attached hydrogen (secondary N) is 3. The number of rotatable bonds is 7. The number of urea groups is 1. The van der Waals surface area contributed by atoms with Gasteiger partial charge in [0.2, 0.25) is 10.0 Å². The summed E-state index contributed by atoms with van der Waals surface area (Å²) >= 11 is 0. The van der Waals surface area contributed by atoms with Crippen LogP contribution in [0.15, 0.2) is 54.6 Å². The summed E-state index contributed by atoms with van der Waals surface area (Å²) in [5.74, 6) is 0. The zero-order valence-electron chi connectivity index (χ0n) is 14.3. The van der Waals surface area contributed by atoms with Gasteiger partial charge in [0.25, 0.3) is 0 Å². The Hall–Kier alpha value is -2.54. The van der Waals surface area contributed by atoms with Gasteiger partial charge in [-0.2, -0.15) is 0 Å². The zero-order chi connectivity index (χ0) is 18.3. The zero-order valence-corrected chi connectivity index (χ0v) is 15.1. The molecule has 0 saturated carbocycles. The maximum atomic E-state index is 12.0. The number of hydrogen-bond acceptors (Lipinski definition) is 3. The Kier molecular flexibility index (Phi) is 6.41. The van der Waals surface area contributed by atoms with E-state index in [4.69, 9.17) is 0 Å². The molecule has 0 aliphatic carbocycles. The molecule has 6 nitrogen and oxygen atoms in total. The molecule has 25 heavy (non-hydrogen) atoms. The van der Waals surface area contributed by atoms with Crippen LogP contribution >= 0.6 is 0 Å². The van der Waals surface area contributed by atoms with E-state index in [1.165, 1.54) is 0 Å². The average Bonchev–Trinajstić information content (AvgIpc) is 2.54. The maximum absolute atomic E-state index is 12.0. The normalized spacial score (nSPS) is 12.2. The van der Waals surface area contributed by atoms with Crippen molar-refractivity contribution in [3.63, 3.8) is 0 Å². The third-order valence-electron chi connectivity index (χ3n) is 3.58. The number of sulfonamides is 1. The van der Waals surface area contributed by atoms with E-state index in [9.17, 15) is 13.2 Å². The van der Waals surface area contributed by atoms with E-state index in [2.05, 4.69) is 15.4 Å². The van der Waals surface area contributed by atoms with Gasteiger partial charge in [-0.1, -0.05) is 42.5 Å². The van der Waals surface area contributed by atoms with Gasteiger partial charge in [0.15, 0.2) is 0 Å². The van der Waals surface area contributed by atoms with Gasteiger partial charge in [0.1, 0.15) is 0 Å². The number of hydrogen-bond donors (Lipinski definition) is 3. The van der Waals surface area contributed by atoms with E-state index < -0.39 is 10.0 Å². The number of benzene rings is 2. The number of anilines is 1. The van der Waals surface area contributed by atoms with E-state index >= 15 is 0 Å². The van der Waals surface area contributed by atoms with Gasteiger partial charge >= 0.3 is 6.03 Å². The van der Waals surface area contributed by atoms with E-state index in [1.807, 2.05) is 43.3 Å². The minimum absolute atomic E-state index is 0.252. The van der Waals surface area contributed by atoms with E-state index in [0.717, 1.165) is 23.8 Å². The Bertz CT molecular complexity index is 807. The predicted octanol–water partition coefficient (Wildman–Crippen LogP) is 2.66. The van der Waals surface area contributed by atoms with Crippen molar-refractivity contribution in [3.8, 4) is 0 Å². The highest BCUT2D eigenvalue weighted by molar-refractivity contribution is 7.92. The van der Waals surface area contributed by atoms with Gasteiger partial charge in [-0.05, 0) is 36.6 Å². The van der Waals surface area contributed by atoms with Gasteiger partial charge in [0, 0.05) is 12.2 Å². The van der Waals surface area contributed by atoms with Gasteiger partial charge in [-0.3, -0.25) is 4.72 Å². The van der Waals surface area contributed by atoms with Crippen LogP contribution in [0.2, 0.25) is 0 Å². The third-order valence-corrected chi connectivity index (χ3v) is 4.19. The van der Waals surface area contributed by atoms with E-state index in [1.54, 1.807) is 18.2 Å². The van der Waals surface area contributed by atoms with Gasteiger partial charge in [-0.15, -0.1) is 0 Å². The fraction of sp³-hybridized carbons (Fsp3) is 0.278. The fourth-order valence-electron chi connectivity index (χ4n) is 2.38. The second-order valence-electron chi connectivity index (χ2n) is 5.86. The van der Waals surface area contributed by atoms with Gasteiger partial charge in [-0.25, -0.2) is 13.2 Å². The average molecular weight is 361 g/mol. The lowest BCUT2D eigenvalue weighted by molar-refractivity contribution is 0.238. The van der Waals surface area contributed by atoms with Crippen molar-refractivity contribution in [2.24, 2.45) is 0 Å². The molecule has 0 heterocycles. The molecule has 0 saturated heterocycles. The van der Waals surface area contributed by atoms with Crippen LogP contribution in [0.4, 0.5) is 10.5 Å². The lowest BCUT2D eigenvalue weighted by atomic mass is 10.1. The van der Waals surface area contributed by atoms with Crippen molar-refractivity contribution >= 4 is 21.7 Å². The first-order valence-electron chi connectivity index (χ1n) is 7.99. The molecule has 2 amide bonds. The molecule has 0 fully saturated rings. The van der Waals surface area contributed by atoms with Crippen molar-refractivity contribution < 1.29 is 13.2 Å². The van der Waals surface area contributed by atoms with Crippen LogP contribution < -0.4 is 15.4 Å². The Morgan fingerprint density at radius 3 is 2.48 bits per heavy atom. The second kappa shape index (κ2) is 8.53. The molecule has 0 aliphatic rings. The standard InChI is InChI=1S/C18H23N3O3S/c1-14(16-9-6-10-17(13-16)21-25(2,23)24)20-18(22)19-12-11-15-7-4-3-5-8-15/h3-10,13-14,21H,11-12H2,1-2H3,(H2,19,20,22). The lowest BCUT2D eigenvalue weighted by Gasteiger charge is -2.16. The maximum Gasteiger partial charge on any atom is 0.315 e. The van der Waals surface area contributed by atoms with Gasteiger partial charge < -0.3 is 10.6 Å². The molecule has 1 unspecified atom stereocenters. The van der Waals surface area contributed by atoms with E-state index in [-0.39, 0.29) is 12.1 Å². The van der Waals surface area contributed by atoms with Crippen molar-refractivity contribution in [2.75, 3.05) is 17.5 Å². The van der Waals surface area contributed by atoms with Crippen LogP contribution in [-0.4, -0.2) is 27.2 Å². The van der Waals surface area contributed by atoms with Crippen LogP contribution in [0, 0.1) is 0 Å². The quantitative estimate of drug-likeness (QED) is 0.708. The van der Waals surface area contributed by atoms with Gasteiger partial charge in [0.05, 0.1) is 12.3 Å². The smallest absolute Gasteiger partial charge is 0.315 e. The van der Waals surface area contributed by atoms with E-state index in [0.29, 0.717) is 12.2 Å². The summed E-state index contributed by atoms with van der Waals surface area (Å²) in [7, 11) is -3.33. The SMILES string of the molecule is CC(NC(=O)NCCc1ccccc1)c1cccc(NS(C)(=O)=O)c1. The van der Waals surface area contributed by atoms with Crippen molar-refractivity contribution in [2.45, 2.75) is 19.4 Å². The molecule has 134 valence electrons. The molecule has 1 atom stereocenters. The highest BCUT2D eigenvalue weighted by Gasteiger charge is 2.10. The first-order valence-corrected chi connectivity index (χ1v) is 9.89. The summed E-state index contributed by atoms with van der Waals surface area (Å²) in [6.07, 6.45) is 1.86. The number of carbonyl (C=O) groups is 1. The van der Waals surface area contributed by atoms with Crippen LogP contribution in [0.3, 0.4) is 0 Å². The van der Waals surface area contributed by atoms with Crippen molar-refractivity contribution in [1.82, 2.24) is 10.6 Å².